The molecular weight excluding hydrogens is 265 g/mol. The number of halogens is 1. The van der Waals surface area contributed by atoms with Crippen molar-refractivity contribution in [2.24, 2.45) is 0 Å². The Morgan fingerprint density at radius 3 is 2.35 bits per heavy atom. The summed E-state index contributed by atoms with van der Waals surface area (Å²) in [6, 6.07) is 5.50. The van der Waals surface area contributed by atoms with Crippen molar-refractivity contribution < 1.29 is 24.8 Å². The summed E-state index contributed by atoms with van der Waals surface area (Å²) >= 11 is 0. The third-order valence-corrected chi connectivity index (χ3v) is 3.82. The van der Waals surface area contributed by atoms with Crippen molar-refractivity contribution in [3.8, 4) is 0 Å². The molecule has 0 unspecified atom stereocenters. The molecule has 5 nitrogen and oxygen atoms in total. The topological polar surface area (TPSA) is 84.2 Å². The molecule has 0 aliphatic carbocycles. The van der Waals surface area contributed by atoms with Gasteiger partial charge in [0.1, 0.15) is 18.0 Å². The van der Waals surface area contributed by atoms with E-state index in [0.29, 0.717) is 13.0 Å². The van der Waals surface area contributed by atoms with Crippen LogP contribution in [0.3, 0.4) is 0 Å². The zero-order chi connectivity index (χ0) is 14.7. The minimum absolute atomic E-state index is 0.185. The van der Waals surface area contributed by atoms with Crippen LogP contribution in [0.1, 0.15) is 5.56 Å². The Balaban J connectivity index is 1.98. The number of aliphatic hydroxyl groups excluding tert-OH is 4. The monoisotopic (exact) mass is 285 g/mol. The average Bonchev–Trinajstić information content (AvgIpc) is 2.44. The molecule has 1 saturated heterocycles. The van der Waals surface area contributed by atoms with E-state index in [1.165, 1.54) is 12.1 Å². The van der Waals surface area contributed by atoms with Gasteiger partial charge in [-0.1, -0.05) is 12.1 Å². The lowest BCUT2D eigenvalue weighted by molar-refractivity contribution is -0.144. The van der Waals surface area contributed by atoms with Crippen molar-refractivity contribution in [3.05, 3.63) is 35.6 Å². The van der Waals surface area contributed by atoms with Gasteiger partial charge in [-0.3, -0.25) is 4.90 Å². The Morgan fingerprint density at radius 1 is 1.10 bits per heavy atom. The van der Waals surface area contributed by atoms with Crippen molar-refractivity contribution in [2.75, 3.05) is 19.7 Å². The fourth-order valence-electron chi connectivity index (χ4n) is 2.56. The van der Waals surface area contributed by atoms with Crippen LogP contribution in [0, 0.1) is 5.82 Å². The number of aliphatic hydroxyl groups is 4. The Kier molecular flexibility index (Phi) is 5.06. The highest BCUT2D eigenvalue weighted by atomic mass is 19.1. The minimum atomic E-state index is -1.24. The zero-order valence-electron chi connectivity index (χ0n) is 11.1. The lowest BCUT2D eigenvalue weighted by Crippen LogP contribution is -2.62. The summed E-state index contributed by atoms with van der Waals surface area (Å²) in [4.78, 5) is 1.74. The maximum Gasteiger partial charge on any atom is 0.123 e. The van der Waals surface area contributed by atoms with E-state index in [9.17, 15) is 24.8 Å². The number of likely N-dealkylation sites (tertiary alicyclic amines) is 1. The number of rotatable bonds is 4. The van der Waals surface area contributed by atoms with E-state index < -0.39 is 24.4 Å². The lowest BCUT2D eigenvalue weighted by atomic mass is 9.94. The summed E-state index contributed by atoms with van der Waals surface area (Å²) in [5.41, 5.74) is 0.929. The number of hydrogen-bond acceptors (Lipinski definition) is 5. The summed E-state index contributed by atoms with van der Waals surface area (Å²) in [5, 5.41) is 38.5. The van der Waals surface area contributed by atoms with Gasteiger partial charge in [0, 0.05) is 13.1 Å². The molecule has 4 N–H and O–H groups in total. The molecule has 0 spiro atoms. The Bertz CT molecular complexity index is 428. The van der Waals surface area contributed by atoms with E-state index in [0.717, 1.165) is 5.56 Å². The van der Waals surface area contributed by atoms with Crippen LogP contribution in [0.15, 0.2) is 24.3 Å². The van der Waals surface area contributed by atoms with Crippen LogP contribution in [0.25, 0.3) is 0 Å². The minimum Gasteiger partial charge on any atom is -0.395 e. The molecule has 20 heavy (non-hydrogen) atoms. The van der Waals surface area contributed by atoms with E-state index >= 15 is 0 Å². The predicted octanol–water partition coefficient (Wildman–Crippen LogP) is -0.873. The van der Waals surface area contributed by atoms with Crippen molar-refractivity contribution in [1.29, 1.82) is 0 Å². The molecule has 1 aliphatic rings. The molecule has 0 amide bonds. The second-order valence-corrected chi connectivity index (χ2v) is 5.17. The van der Waals surface area contributed by atoms with Crippen molar-refractivity contribution in [2.45, 2.75) is 30.8 Å². The van der Waals surface area contributed by atoms with E-state index in [4.69, 9.17) is 0 Å². The fourth-order valence-corrected chi connectivity index (χ4v) is 2.56. The molecule has 1 aromatic carbocycles. The standard InChI is InChI=1S/C14H20FNO4/c15-10-3-1-9(2-4-10)5-6-16-7-12(18)14(20)13(19)11(16)8-17/h1-4,11-14,17-20H,5-8H2/t11-,12+,13-,14-/m1/s1. The first-order chi connectivity index (χ1) is 9.52. The zero-order valence-corrected chi connectivity index (χ0v) is 11.1. The van der Waals surface area contributed by atoms with E-state index in [1.807, 2.05) is 0 Å². The maximum absolute atomic E-state index is 12.8. The van der Waals surface area contributed by atoms with Crippen molar-refractivity contribution in [1.82, 2.24) is 4.90 Å². The van der Waals surface area contributed by atoms with Crippen LogP contribution >= 0.6 is 0 Å². The Hall–Kier alpha value is -1.05. The third kappa shape index (κ3) is 3.34. The molecule has 2 rings (SSSR count). The first-order valence-corrected chi connectivity index (χ1v) is 6.66. The fraction of sp³-hybridized carbons (Fsp3) is 0.571. The van der Waals surface area contributed by atoms with E-state index in [-0.39, 0.29) is 19.0 Å². The number of nitrogens with zero attached hydrogens (tertiary/aromatic N) is 1. The van der Waals surface area contributed by atoms with Gasteiger partial charge in [0.05, 0.1) is 18.8 Å². The van der Waals surface area contributed by atoms with Crippen LogP contribution < -0.4 is 0 Å². The molecule has 6 heteroatoms. The predicted molar refractivity (Wildman–Crippen MR) is 70.6 cm³/mol. The Labute approximate surface area is 116 Å². The molecule has 1 aromatic rings. The van der Waals surface area contributed by atoms with Crippen LogP contribution in [-0.4, -0.2) is 69.4 Å². The highest BCUT2D eigenvalue weighted by molar-refractivity contribution is 5.16. The highest BCUT2D eigenvalue weighted by Gasteiger charge is 2.40. The largest absolute Gasteiger partial charge is 0.395 e. The summed E-state index contributed by atoms with van der Waals surface area (Å²) in [6.45, 7) is 0.386. The summed E-state index contributed by atoms with van der Waals surface area (Å²) in [5.74, 6) is -0.297. The van der Waals surface area contributed by atoms with Crippen LogP contribution in [0.4, 0.5) is 4.39 Å². The molecule has 0 aromatic heterocycles. The van der Waals surface area contributed by atoms with Gasteiger partial charge >= 0.3 is 0 Å². The quantitative estimate of drug-likeness (QED) is 0.578. The molecule has 4 atom stereocenters. The summed E-state index contributed by atoms with van der Waals surface area (Å²) in [6.07, 6.45) is -2.86. The number of piperidine rings is 1. The first-order valence-electron chi connectivity index (χ1n) is 6.66. The van der Waals surface area contributed by atoms with Gasteiger partial charge in [0.15, 0.2) is 0 Å². The smallest absolute Gasteiger partial charge is 0.123 e. The second-order valence-electron chi connectivity index (χ2n) is 5.17. The molecule has 1 heterocycles. The molecule has 0 radical (unpaired) electrons. The molecule has 1 aliphatic heterocycles. The van der Waals surface area contributed by atoms with Gasteiger partial charge in [-0.05, 0) is 24.1 Å². The second kappa shape index (κ2) is 6.60. The maximum atomic E-state index is 12.8. The van der Waals surface area contributed by atoms with Crippen LogP contribution in [0.2, 0.25) is 0 Å². The van der Waals surface area contributed by atoms with Gasteiger partial charge < -0.3 is 20.4 Å². The normalized spacial score (nSPS) is 31.4. The van der Waals surface area contributed by atoms with E-state index in [1.54, 1.807) is 17.0 Å². The number of β-amino-alcohol motifs (C(OH)–C–C–N with tert-alkyl or cyclic N) is 1. The number of benzene rings is 1. The lowest BCUT2D eigenvalue weighted by Gasteiger charge is -2.43. The average molecular weight is 285 g/mol. The van der Waals surface area contributed by atoms with Crippen LogP contribution in [-0.2, 0) is 6.42 Å². The van der Waals surface area contributed by atoms with Crippen LogP contribution in [0.5, 0.6) is 0 Å². The van der Waals surface area contributed by atoms with Gasteiger partial charge in [0.25, 0.3) is 0 Å². The molecular formula is C14H20FNO4. The Morgan fingerprint density at radius 2 is 1.75 bits per heavy atom. The van der Waals surface area contributed by atoms with Gasteiger partial charge in [-0.15, -0.1) is 0 Å². The summed E-state index contributed by atoms with van der Waals surface area (Å²) in [7, 11) is 0. The molecule has 1 fully saturated rings. The molecule has 0 saturated carbocycles. The summed E-state index contributed by atoms with van der Waals surface area (Å²) < 4.78 is 12.8. The number of hydrogen-bond donors (Lipinski definition) is 4. The van der Waals surface area contributed by atoms with Crippen molar-refractivity contribution >= 4 is 0 Å². The first kappa shape index (κ1) is 15.3. The van der Waals surface area contributed by atoms with Gasteiger partial charge in [-0.25, -0.2) is 4.39 Å². The van der Waals surface area contributed by atoms with E-state index in [2.05, 4.69) is 0 Å². The van der Waals surface area contributed by atoms with Crippen molar-refractivity contribution in [3.63, 3.8) is 0 Å². The highest BCUT2D eigenvalue weighted by Crippen LogP contribution is 2.19. The molecule has 112 valence electrons. The molecule has 0 bridgehead atoms. The third-order valence-electron chi connectivity index (χ3n) is 3.82. The SMILES string of the molecule is OC[C@@H]1[C@@H](O)[C@H](O)[C@@H](O)CN1CCc1ccc(F)cc1. The van der Waals surface area contributed by atoms with Gasteiger partial charge in [-0.2, -0.15) is 0 Å². The van der Waals surface area contributed by atoms with Gasteiger partial charge in [0.2, 0.25) is 0 Å².